The summed E-state index contributed by atoms with van der Waals surface area (Å²) < 4.78 is 5.64. The van der Waals surface area contributed by atoms with Gasteiger partial charge in [-0.2, -0.15) is 0 Å². The molecule has 0 aliphatic heterocycles. The predicted molar refractivity (Wildman–Crippen MR) is 77.1 cm³/mol. The standard InChI is InChI=1S/C16H21NO3/c1-3-4-9-17-16(19)11(2)20-13-6-7-14-12(10-13)5-8-15(14)18/h6-7,10-11H,3-5,8-9H2,1-2H3,(H,17,19). The van der Waals surface area contributed by atoms with Crippen LogP contribution in [0.1, 0.15) is 49.0 Å². The van der Waals surface area contributed by atoms with Crippen molar-refractivity contribution < 1.29 is 14.3 Å². The van der Waals surface area contributed by atoms with Gasteiger partial charge in [-0.1, -0.05) is 13.3 Å². The van der Waals surface area contributed by atoms with E-state index in [0.717, 1.165) is 30.4 Å². The van der Waals surface area contributed by atoms with Gasteiger partial charge in [0.15, 0.2) is 11.9 Å². The smallest absolute Gasteiger partial charge is 0.260 e. The van der Waals surface area contributed by atoms with Crippen molar-refractivity contribution in [2.45, 2.75) is 45.6 Å². The Morgan fingerprint density at radius 1 is 1.40 bits per heavy atom. The van der Waals surface area contributed by atoms with Gasteiger partial charge in [-0.3, -0.25) is 9.59 Å². The molecular weight excluding hydrogens is 254 g/mol. The average Bonchev–Trinajstić information content (AvgIpc) is 2.80. The number of aryl methyl sites for hydroxylation is 1. The Bertz CT molecular complexity index is 510. The van der Waals surface area contributed by atoms with Crippen molar-refractivity contribution in [2.75, 3.05) is 6.54 Å². The van der Waals surface area contributed by atoms with Gasteiger partial charge in [0.25, 0.3) is 5.91 Å². The molecule has 108 valence electrons. The van der Waals surface area contributed by atoms with Crippen molar-refractivity contribution in [1.29, 1.82) is 0 Å². The van der Waals surface area contributed by atoms with E-state index in [9.17, 15) is 9.59 Å². The van der Waals surface area contributed by atoms with E-state index in [1.807, 2.05) is 6.07 Å². The number of amides is 1. The van der Waals surface area contributed by atoms with Crippen LogP contribution in [0.5, 0.6) is 5.75 Å². The van der Waals surface area contributed by atoms with Crippen molar-refractivity contribution in [3.63, 3.8) is 0 Å². The fourth-order valence-corrected chi connectivity index (χ4v) is 2.29. The monoisotopic (exact) mass is 275 g/mol. The molecule has 4 heteroatoms. The van der Waals surface area contributed by atoms with E-state index in [1.54, 1.807) is 19.1 Å². The van der Waals surface area contributed by atoms with E-state index in [4.69, 9.17) is 4.74 Å². The van der Waals surface area contributed by atoms with Gasteiger partial charge < -0.3 is 10.1 Å². The Morgan fingerprint density at radius 3 is 2.95 bits per heavy atom. The summed E-state index contributed by atoms with van der Waals surface area (Å²) in [6.07, 6.45) is 2.84. The third-order valence-corrected chi connectivity index (χ3v) is 3.51. The molecule has 4 nitrogen and oxygen atoms in total. The van der Waals surface area contributed by atoms with E-state index in [-0.39, 0.29) is 11.7 Å². The van der Waals surface area contributed by atoms with Gasteiger partial charge in [0.2, 0.25) is 0 Å². The second-order valence-electron chi connectivity index (χ2n) is 5.15. The van der Waals surface area contributed by atoms with Crippen LogP contribution in [0.4, 0.5) is 0 Å². The summed E-state index contributed by atoms with van der Waals surface area (Å²) >= 11 is 0. The Labute approximate surface area is 119 Å². The summed E-state index contributed by atoms with van der Waals surface area (Å²) in [7, 11) is 0. The van der Waals surface area contributed by atoms with Crippen LogP contribution in [0, 0.1) is 0 Å². The summed E-state index contributed by atoms with van der Waals surface area (Å²) in [5.41, 5.74) is 1.81. The number of unbranched alkanes of at least 4 members (excludes halogenated alkanes) is 1. The molecule has 1 aromatic rings. The van der Waals surface area contributed by atoms with E-state index < -0.39 is 6.10 Å². The van der Waals surface area contributed by atoms with Crippen LogP contribution in [0.3, 0.4) is 0 Å². The van der Waals surface area contributed by atoms with Crippen molar-refractivity contribution in [3.05, 3.63) is 29.3 Å². The van der Waals surface area contributed by atoms with Gasteiger partial charge in [-0.15, -0.1) is 0 Å². The van der Waals surface area contributed by atoms with Crippen LogP contribution in [0.25, 0.3) is 0 Å². The van der Waals surface area contributed by atoms with Gasteiger partial charge in [0.1, 0.15) is 5.75 Å². The summed E-state index contributed by atoms with van der Waals surface area (Å²) in [6.45, 7) is 4.50. The SMILES string of the molecule is CCCCNC(=O)C(C)Oc1ccc2c(c1)CCC2=O. The summed E-state index contributed by atoms with van der Waals surface area (Å²) in [5, 5.41) is 2.84. The number of nitrogens with one attached hydrogen (secondary N) is 1. The zero-order valence-corrected chi connectivity index (χ0v) is 12.1. The molecule has 1 aromatic carbocycles. The van der Waals surface area contributed by atoms with Gasteiger partial charge in [0, 0.05) is 18.5 Å². The average molecular weight is 275 g/mol. The number of hydrogen-bond donors (Lipinski definition) is 1. The second-order valence-corrected chi connectivity index (χ2v) is 5.15. The lowest BCUT2D eigenvalue weighted by Gasteiger charge is -2.15. The maximum Gasteiger partial charge on any atom is 0.260 e. The lowest BCUT2D eigenvalue weighted by atomic mass is 10.1. The molecule has 1 atom stereocenters. The minimum atomic E-state index is -0.526. The number of hydrogen-bond acceptors (Lipinski definition) is 3. The second kappa shape index (κ2) is 6.55. The van der Waals surface area contributed by atoms with E-state index in [2.05, 4.69) is 12.2 Å². The van der Waals surface area contributed by atoms with Gasteiger partial charge >= 0.3 is 0 Å². The van der Waals surface area contributed by atoms with Crippen LogP contribution in [0.15, 0.2) is 18.2 Å². The van der Waals surface area contributed by atoms with Crippen molar-refractivity contribution in [1.82, 2.24) is 5.32 Å². The Hall–Kier alpha value is -1.84. The molecule has 0 radical (unpaired) electrons. The van der Waals surface area contributed by atoms with Gasteiger partial charge in [-0.25, -0.2) is 0 Å². The number of rotatable bonds is 6. The molecule has 1 unspecified atom stereocenters. The van der Waals surface area contributed by atoms with Crippen molar-refractivity contribution in [3.8, 4) is 5.75 Å². The van der Waals surface area contributed by atoms with E-state index >= 15 is 0 Å². The number of ketones is 1. The Morgan fingerprint density at radius 2 is 2.20 bits per heavy atom. The molecular formula is C16H21NO3. The van der Waals surface area contributed by atoms with Crippen LogP contribution in [0.2, 0.25) is 0 Å². The third kappa shape index (κ3) is 3.38. The van der Waals surface area contributed by atoms with Crippen molar-refractivity contribution in [2.24, 2.45) is 0 Å². The number of benzene rings is 1. The topological polar surface area (TPSA) is 55.4 Å². The largest absolute Gasteiger partial charge is 0.481 e. The Kier molecular flexibility index (Phi) is 4.77. The Balaban J connectivity index is 1.93. The highest BCUT2D eigenvalue weighted by Gasteiger charge is 2.21. The van der Waals surface area contributed by atoms with Crippen LogP contribution < -0.4 is 10.1 Å². The molecule has 20 heavy (non-hydrogen) atoms. The maximum atomic E-state index is 11.8. The highest BCUT2D eigenvalue weighted by molar-refractivity contribution is 6.00. The quantitative estimate of drug-likeness (QED) is 0.812. The fourth-order valence-electron chi connectivity index (χ4n) is 2.29. The summed E-state index contributed by atoms with van der Waals surface area (Å²) in [5.74, 6) is 0.739. The molecule has 2 rings (SSSR count). The van der Waals surface area contributed by atoms with Gasteiger partial charge in [-0.05, 0) is 43.5 Å². The van der Waals surface area contributed by atoms with E-state index in [0.29, 0.717) is 18.7 Å². The molecule has 0 saturated heterocycles. The molecule has 1 N–H and O–H groups in total. The normalized spacial score (nSPS) is 14.8. The fraction of sp³-hybridized carbons (Fsp3) is 0.500. The maximum absolute atomic E-state index is 11.8. The highest BCUT2D eigenvalue weighted by Crippen LogP contribution is 2.26. The molecule has 0 saturated carbocycles. The molecule has 1 aliphatic carbocycles. The molecule has 0 aromatic heterocycles. The first-order chi connectivity index (χ1) is 9.61. The molecule has 0 fully saturated rings. The predicted octanol–water partition coefficient (Wildman–Crippen LogP) is 2.50. The highest BCUT2D eigenvalue weighted by atomic mass is 16.5. The zero-order chi connectivity index (χ0) is 14.5. The third-order valence-electron chi connectivity index (χ3n) is 3.51. The first-order valence-electron chi connectivity index (χ1n) is 7.22. The van der Waals surface area contributed by atoms with Gasteiger partial charge in [0.05, 0.1) is 0 Å². The number of Topliss-reactive ketones (excluding diaryl/α,β-unsaturated/α-hetero) is 1. The van der Waals surface area contributed by atoms with E-state index in [1.165, 1.54) is 0 Å². The van der Waals surface area contributed by atoms with Crippen molar-refractivity contribution >= 4 is 11.7 Å². The summed E-state index contributed by atoms with van der Waals surface area (Å²) in [4.78, 5) is 23.4. The first kappa shape index (κ1) is 14.6. The number of carbonyl (C=O) groups is 2. The zero-order valence-electron chi connectivity index (χ0n) is 12.1. The van der Waals surface area contributed by atoms with Crippen LogP contribution in [-0.2, 0) is 11.2 Å². The lowest BCUT2D eigenvalue weighted by molar-refractivity contribution is -0.127. The molecule has 1 amide bonds. The number of ether oxygens (including phenoxy) is 1. The first-order valence-corrected chi connectivity index (χ1v) is 7.22. The lowest BCUT2D eigenvalue weighted by Crippen LogP contribution is -2.36. The minimum Gasteiger partial charge on any atom is -0.481 e. The number of carbonyl (C=O) groups excluding carboxylic acids is 2. The minimum absolute atomic E-state index is 0.102. The summed E-state index contributed by atoms with van der Waals surface area (Å²) in [6, 6.07) is 5.43. The van der Waals surface area contributed by atoms with Crippen LogP contribution >= 0.6 is 0 Å². The number of fused-ring (bicyclic) bond motifs is 1. The van der Waals surface area contributed by atoms with Crippen LogP contribution in [-0.4, -0.2) is 24.3 Å². The molecule has 0 heterocycles. The molecule has 0 bridgehead atoms. The molecule has 0 spiro atoms. The molecule has 1 aliphatic rings.